The number of carboxylic acid groups (broad SMARTS) is 2. The summed E-state index contributed by atoms with van der Waals surface area (Å²) in [6, 6.07) is 0. The average Bonchev–Trinajstić information content (AvgIpc) is 2.65. The van der Waals surface area contributed by atoms with Crippen molar-refractivity contribution in [2.45, 2.75) is 100 Å². The fraction of sp³-hybridized carbons (Fsp3) is 0.727. The van der Waals surface area contributed by atoms with Crippen LogP contribution in [0.1, 0.15) is 100 Å². The lowest BCUT2D eigenvalue weighted by atomic mass is 9.80. The Bertz CT molecular complexity index is 259. The van der Waals surface area contributed by atoms with Gasteiger partial charge in [0, 0.05) is 6.92 Å². The van der Waals surface area contributed by atoms with Crippen molar-refractivity contribution in [1.29, 1.82) is 0 Å². The van der Waals surface area contributed by atoms with Crippen LogP contribution in [0.4, 0.5) is 0 Å². The zero-order valence-electron chi connectivity index (χ0n) is 19.0. The van der Waals surface area contributed by atoms with Crippen molar-refractivity contribution < 1.29 is 19.8 Å². The summed E-state index contributed by atoms with van der Waals surface area (Å²) >= 11 is 0. The van der Waals surface area contributed by atoms with Crippen LogP contribution in [0.3, 0.4) is 0 Å². The van der Waals surface area contributed by atoms with Crippen molar-refractivity contribution in [3.8, 4) is 0 Å². The van der Waals surface area contributed by atoms with Gasteiger partial charge in [0.1, 0.15) is 0 Å². The van der Waals surface area contributed by atoms with E-state index in [-0.39, 0.29) is 0 Å². The minimum absolute atomic E-state index is 0.484. The molecule has 0 saturated carbocycles. The van der Waals surface area contributed by atoms with Gasteiger partial charge in [-0.1, -0.05) is 73.6 Å². The zero-order chi connectivity index (χ0) is 22.6. The molecular formula is C22H48O4. The Kier molecular flexibility index (Phi) is 58.9. The molecule has 1 unspecified atom stereocenters. The lowest BCUT2D eigenvalue weighted by Gasteiger charge is -2.23. The molecule has 2 N–H and O–H groups in total. The summed E-state index contributed by atoms with van der Waals surface area (Å²) < 4.78 is 0. The van der Waals surface area contributed by atoms with Gasteiger partial charge in [-0.2, -0.15) is 0 Å². The molecule has 4 nitrogen and oxygen atoms in total. The molecule has 0 saturated heterocycles. The van der Waals surface area contributed by atoms with E-state index < -0.39 is 17.4 Å². The van der Waals surface area contributed by atoms with Crippen molar-refractivity contribution in [1.82, 2.24) is 0 Å². The molecule has 0 spiro atoms. The maximum Gasteiger partial charge on any atom is 0.309 e. The topological polar surface area (TPSA) is 74.6 Å². The number of hydrogen-bond acceptors (Lipinski definition) is 2. The number of hydrogen-bond donors (Lipinski definition) is 2. The highest BCUT2D eigenvalue weighted by Gasteiger charge is 2.30. The van der Waals surface area contributed by atoms with E-state index in [1.54, 1.807) is 0 Å². The molecule has 0 aromatic rings. The Hall–Kier alpha value is -1.58. The summed E-state index contributed by atoms with van der Waals surface area (Å²) in [5.41, 5.74) is -0.484. The molecule has 0 aliphatic heterocycles. The van der Waals surface area contributed by atoms with Crippen molar-refractivity contribution in [2.75, 3.05) is 0 Å². The van der Waals surface area contributed by atoms with Crippen molar-refractivity contribution in [3.63, 3.8) is 0 Å². The third kappa shape index (κ3) is 43.3. The lowest BCUT2D eigenvalue weighted by molar-refractivity contribution is -0.149. The summed E-state index contributed by atoms with van der Waals surface area (Å²) in [5, 5.41) is 16.5. The maximum atomic E-state index is 11.1. The Balaban J connectivity index is -0.0000000693. The van der Waals surface area contributed by atoms with Gasteiger partial charge in [0.2, 0.25) is 0 Å². The molecule has 0 aromatic heterocycles. The largest absolute Gasteiger partial charge is 0.481 e. The second kappa shape index (κ2) is 38.8. The molecule has 0 bridgehead atoms. The standard InChI is InChI=1S/C12H24O2.C2H4O2.2C2H6.2C2H4/c1-4-6-7-8-10-12(3,9-5-2)11(13)14;1-2(3)4;4*1-2/h4-10H2,1-3H3,(H,13,14);1H3,(H,3,4);2*1-2H3;2*1-2H2. The van der Waals surface area contributed by atoms with E-state index in [0.29, 0.717) is 0 Å². The molecule has 0 aliphatic rings. The molecule has 0 aliphatic carbocycles. The van der Waals surface area contributed by atoms with E-state index in [2.05, 4.69) is 33.2 Å². The first kappa shape index (κ1) is 39.5. The van der Waals surface area contributed by atoms with Gasteiger partial charge in [0.15, 0.2) is 0 Å². The van der Waals surface area contributed by atoms with E-state index in [0.717, 1.165) is 32.6 Å². The van der Waals surface area contributed by atoms with Crippen molar-refractivity contribution >= 4 is 11.9 Å². The molecule has 0 radical (unpaired) electrons. The van der Waals surface area contributed by atoms with Crippen LogP contribution in [0.2, 0.25) is 0 Å². The Morgan fingerprint density at radius 3 is 1.35 bits per heavy atom. The number of rotatable bonds is 8. The monoisotopic (exact) mass is 376 g/mol. The fourth-order valence-corrected chi connectivity index (χ4v) is 1.83. The number of carboxylic acids is 2. The van der Waals surface area contributed by atoms with Gasteiger partial charge in [-0.25, -0.2) is 0 Å². The van der Waals surface area contributed by atoms with Crippen LogP contribution in [0.15, 0.2) is 26.3 Å². The van der Waals surface area contributed by atoms with Gasteiger partial charge in [0.05, 0.1) is 5.41 Å². The predicted molar refractivity (Wildman–Crippen MR) is 118 cm³/mol. The van der Waals surface area contributed by atoms with Crippen LogP contribution in [0.25, 0.3) is 0 Å². The van der Waals surface area contributed by atoms with Crippen LogP contribution < -0.4 is 0 Å². The zero-order valence-corrected chi connectivity index (χ0v) is 19.0. The van der Waals surface area contributed by atoms with Gasteiger partial charge in [-0.15, -0.1) is 26.3 Å². The maximum absolute atomic E-state index is 11.1. The number of carbonyl (C=O) groups is 2. The summed E-state index contributed by atoms with van der Waals surface area (Å²) in [6.07, 6.45) is 7.24. The van der Waals surface area contributed by atoms with E-state index in [1.807, 2.05) is 41.5 Å². The number of aliphatic carboxylic acids is 2. The fourth-order valence-electron chi connectivity index (χ4n) is 1.83. The Morgan fingerprint density at radius 2 is 1.12 bits per heavy atom. The van der Waals surface area contributed by atoms with Crippen LogP contribution >= 0.6 is 0 Å². The molecule has 160 valence electrons. The van der Waals surface area contributed by atoms with E-state index >= 15 is 0 Å². The van der Waals surface area contributed by atoms with Crippen LogP contribution in [-0.2, 0) is 9.59 Å². The molecule has 0 heterocycles. The second-order valence-electron chi connectivity index (χ2n) is 4.95. The van der Waals surface area contributed by atoms with Gasteiger partial charge in [0.25, 0.3) is 5.97 Å². The molecule has 0 rings (SSSR count). The van der Waals surface area contributed by atoms with E-state index in [9.17, 15) is 4.79 Å². The van der Waals surface area contributed by atoms with Crippen LogP contribution in [0.5, 0.6) is 0 Å². The summed E-state index contributed by atoms with van der Waals surface area (Å²) in [5.74, 6) is -1.46. The SMILES string of the molecule is C=C.C=C.CC.CC.CC(=O)O.CCCCCCC(C)(CCC)C(=O)O. The second-order valence-corrected chi connectivity index (χ2v) is 4.95. The van der Waals surface area contributed by atoms with Gasteiger partial charge in [-0.05, 0) is 19.8 Å². The van der Waals surface area contributed by atoms with Crippen molar-refractivity contribution in [2.24, 2.45) is 5.41 Å². The molecule has 1 atom stereocenters. The first-order valence-corrected chi connectivity index (χ1v) is 9.73. The van der Waals surface area contributed by atoms with Gasteiger partial charge in [-0.3, -0.25) is 9.59 Å². The molecule has 4 heteroatoms. The van der Waals surface area contributed by atoms with Gasteiger partial charge < -0.3 is 10.2 Å². The minimum atomic E-state index is -0.833. The highest BCUT2D eigenvalue weighted by atomic mass is 16.4. The lowest BCUT2D eigenvalue weighted by Crippen LogP contribution is -2.27. The predicted octanol–water partition coefficient (Wildman–Crippen LogP) is 7.60. The summed E-state index contributed by atoms with van der Waals surface area (Å²) in [7, 11) is 0. The van der Waals surface area contributed by atoms with E-state index in [1.165, 1.54) is 19.3 Å². The minimum Gasteiger partial charge on any atom is -0.481 e. The van der Waals surface area contributed by atoms with Crippen LogP contribution in [-0.4, -0.2) is 22.2 Å². The number of unbranched alkanes of at least 4 members (excludes halogenated alkanes) is 3. The molecular weight excluding hydrogens is 328 g/mol. The Morgan fingerprint density at radius 1 is 0.769 bits per heavy atom. The molecule has 0 fully saturated rings. The Labute approximate surface area is 164 Å². The van der Waals surface area contributed by atoms with Gasteiger partial charge >= 0.3 is 5.97 Å². The first-order chi connectivity index (χ1) is 12.3. The third-order valence-corrected chi connectivity index (χ3v) is 2.90. The molecule has 0 amide bonds. The van der Waals surface area contributed by atoms with Crippen molar-refractivity contribution in [3.05, 3.63) is 26.3 Å². The highest BCUT2D eigenvalue weighted by molar-refractivity contribution is 5.74. The smallest absolute Gasteiger partial charge is 0.309 e. The summed E-state index contributed by atoms with van der Waals surface area (Å²) in [6.45, 7) is 27.2. The van der Waals surface area contributed by atoms with E-state index in [4.69, 9.17) is 15.0 Å². The quantitative estimate of drug-likeness (QED) is 0.338. The molecule has 0 aromatic carbocycles. The first-order valence-electron chi connectivity index (χ1n) is 9.73. The molecule has 26 heavy (non-hydrogen) atoms. The van der Waals surface area contributed by atoms with Crippen LogP contribution in [0, 0.1) is 5.41 Å². The normalized spacial score (nSPS) is 9.85. The average molecular weight is 377 g/mol. The third-order valence-electron chi connectivity index (χ3n) is 2.90. The highest BCUT2D eigenvalue weighted by Crippen LogP contribution is 2.30. The summed E-state index contributed by atoms with van der Waals surface area (Å²) in [4.78, 5) is 20.1.